The number of esters is 1. The Kier molecular flexibility index (Phi) is 42.7. The molecule has 0 bridgehead atoms. The Hall–Kier alpha value is -1.79. The average molecular weight is 1040 g/mol. The molecule has 2 aliphatic heterocycles. The van der Waals surface area contributed by atoms with E-state index in [4.69, 9.17) is 28.4 Å². The van der Waals surface area contributed by atoms with Crippen molar-refractivity contribution in [1.82, 2.24) is 0 Å². The number of carbonyl (C=O) groups is 1. The van der Waals surface area contributed by atoms with Crippen LogP contribution < -0.4 is 0 Å². The van der Waals surface area contributed by atoms with Crippen molar-refractivity contribution in [3.63, 3.8) is 0 Å². The lowest BCUT2D eigenvalue weighted by Gasteiger charge is -2.42. The summed E-state index contributed by atoms with van der Waals surface area (Å²) < 4.78 is 34.4. The van der Waals surface area contributed by atoms with E-state index in [1.54, 1.807) is 0 Å². The van der Waals surface area contributed by atoms with Gasteiger partial charge in [-0.3, -0.25) is 4.79 Å². The van der Waals surface area contributed by atoms with Crippen molar-refractivity contribution in [2.75, 3.05) is 33.0 Å². The number of hydrogen-bond donors (Lipinski definition) is 7. The van der Waals surface area contributed by atoms with Crippen molar-refractivity contribution in [3.8, 4) is 0 Å². The van der Waals surface area contributed by atoms with E-state index in [1.165, 1.54) is 148 Å². The molecule has 7 N–H and O–H groups in total. The number of carbonyl (C=O) groups excluding carboxylic acids is 1. The van der Waals surface area contributed by atoms with E-state index >= 15 is 0 Å². The summed E-state index contributed by atoms with van der Waals surface area (Å²) in [5.41, 5.74) is 0. The molecule has 14 nitrogen and oxygen atoms in total. The SMILES string of the molecule is CCCCCCC/C=C\C/C=C\C/C=C\CCCCCCCCCCCCC(=O)OC(COCCCCCCCCCCCCCCCC)COC1OC(COC2OC(CO)C(O)C(O)C2O)C(O)C(O)C1O. The van der Waals surface area contributed by atoms with Crippen LogP contribution in [-0.4, -0.2) is 142 Å². The Morgan fingerprint density at radius 3 is 1.33 bits per heavy atom. The zero-order valence-corrected chi connectivity index (χ0v) is 45.9. The molecule has 11 atom stereocenters. The maximum Gasteiger partial charge on any atom is 0.306 e. The van der Waals surface area contributed by atoms with Gasteiger partial charge >= 0.3 is 5.97 Å². The fraction of sp³-hybridized carbons (Fsp3) is 0.881. The van der Waals surface area contributed by atoms with Gasteiger partial charge in [0.25, 0.3) is 0 Å². The second-order valence-corrected chi connectivity index (χ2v) is 20.8. The van der Waals surface area contributed by atoms with Crippen LogP contribution in [0.5, 0.6) is 0 Å². The molecule has 2 saturated heterocycles. The molecule has 14 heteroatoms. The highest BCUT2D eigenvalue weighted by Gasteiger charge is 2.47. The fourth-order valence-electron chi connectivity index (χ4n) is 9.35. The second-order valence-electron chi connectivity index (χ2n) is 20.8. The van der Waals surface area contributed by atoms with Gasteiger partial charge in [0.05, 0.1) is 26.4 Å². The molecule has 0 amide bonds. The zero-order chi connectivity index (χ0) is 53.0. The third-order valence-electron chi connectivity index (χ3n) is 14.2. The van der Waals surface area contributed by atoms with E-state index in [2.05, 4.69) is 50.3 Å². The average Bonchev–Trinajstić information content (AvgIpc) is 3.39. The van der Waals surface area contributed by atoms with Gasteiger partial charge in [-0.2, -0.15) is 0 Å². The van der Waals surface area contributed by atoms with Crippen molar-refractivity contribution >= 4 is 5.97 Å². The van der Waals surface area contributed by atoms with Crippen LogP contribution in [0.25, 0.3) is 0 Å². The van der Waals surface area contributed by atoms with Crippen LogP contribution in [0.2, 0.25) is 0 Å². The van der Waals surface area contributed by atoms with Crippen LogP contribution in [-0.2, 0) is 33.2 Å². The van der Waals surface area contributed by atoms with Crippen LogP contribution >= 0.6 is 0 Å². The first-order chi connectivity index (χ1) is 35.6. The van der Waals surface area contributed by atoms with Gasteiger partial charge < -0.3 is 64.2 Å². The first-order valence-corrected chi connectivity index (χ1v) is 29.6. The third kappa shape index (κ3) is 33.2. The Morgan fingerprint density at radius 2 is 0.849 bits per heavy atom. The molecular formula is C59H108O14. The maximum atomic E-state index is 13.1. The largest absolute Gasteiger partial charge is 0.457 e. The van der Waals surface area contributed by atoms with Crippen molar-refractivity contribution in [2.45, 2.75) is 300 Å². The van der Waals surface area contributed by atoms with E-state index in [0.717, 1.165) is 57.8 Å². The molecule has 0 aliphatic carbocycles. The van der Waals surface area contributed by atoms with Gasteiger partial charge in [-0.25, -0.2) is 0 Å². The van der Waals surface area contributed by atoms with Crippen molar-refractivity contribution in [3.05, 3.63) is 36.5 Å². The molecular weight excluding hydrogens is 933 g/mol. The Morgan fingerprint density at radius 1 is 0.452 bits per heavy atom. The summed E-state index contributed by atoms with van der Waals surface area (Å²) in [7, 11) is 0. The Bertz CT molecular complexity index is 1350. The number of ether oxygens (including phenoxy) is 6. The third-order valence-corrected chi connectivity index (χ3v) is 14.2. The number of rotatable bonds is 48. The smallest absolute Gasteiger partial charge is 0.306 e. The van der Waals surface area contributed by atoms with Crippen LogP contribution in [0, 0.1) is 0 Å². The molecule has 0 aromatic carbocycles. The molecule has 2 rings (SSSR count). The first kappa shape index (κ1) is 67.3. The standard InChI is InChI=1S/C59H108O14/c1-3-5-7-9-11-13-15-17-19-20-21-22-23-24-25-26-27-28-29-30-32-34-36-38-40-42-51(61)71-48(45-68-43-41-39-37-35-33-31-18-16-14-12-10-8-6-4-2)46-69-58-57(67)55(65)53(63)50(73-58)47-70-59-56(66)54(64)52(62)49(44-60)72-59/h15,17,20-21,23-24,48-50,52-60,62-67H,3-14,16,18-19,22,25-47H2,1-2H3/b17-15-,21-20-,24-23-. The summed E-state index contributed by atoms with van der Waals surface area (Å²) >= 11 is 0. The molecule has 2 heterocycles. The number of hydrogen-bond acceptors (Lipinski definition) is 14. The first-order valence-electron chi connectivity index (χ1n) is 29.6. The summed E-state index contributed by atoms with van der Waals surface area (Å²) in [4.78, 5) is 13.1. The molecule has 0 saturated carbocycles. The van der Waals surface area contributed by atoms with Crippen LogP contribution in [0.15, 0.2) is 36.5 Å². The van der Waals surface area contributed by atoms with Crippen LogP contribution in [0.4, 0.5) is 0 Å². The highest BCUT2D eigenvalue weighted by Crippen LogP contribution is 2.27. The molecule has 0 aromatic heterocycles. The maximum absolute atomic E-state index is 13.1. The van der Waals surface area contributed by atoms with Crippen molar-refractivity contribution in [2.24, 2.45) is 0 Å². The molecule has 428 valence electrons. The van der Waals surface area contributed by atoms with Gasteiger partial charge in [0, 0.05) is 13.0 Å². The van der Waals surface area contributed by atoms with E-state index in [0.29, 0.717) is 13.0 Å². The molecule has 0 radical (unpaired) electrons. The minimum absolute atomic E-state index is 0.0633. The van der Waals surface area contributed by atoms with Gasteiger partial charge in [-0.05, 0) is 51.4 Å². The lowest BCUT2D eigenvalue weighted by atomic mass is 9.98. The molecule has 73 heavy (non-hydrogen) atoms. The fourth-order valence-corrected chi connectivity index (χ4v) is 9.35. The molecule has 0 spiro atoms. The molecule has 0 aromatic rings. The number of unbranched alkanes of at least 4 members (excludes halogenated alkanes) is 28. The summed E-state index contributed by atoms with van der Waals surface area (Å²) in [5.74, 6) is -0.377. The minimum atomic E-state index is -1.71. The van der Waals surface area contributed by atoms with E-state index < -0.39 is 80.7 Å². The summed E-state index contributed by atoms with van der Waals surface area (Å²) in [6, 6.07) is 0. The zero-order valence-electron chi connectivity index (χ0n) is 45.9. The highest BCUT2D eigenvalue weighted by molar-refractivity contribution is 5.69. The topological polar surface area (TPSA) is 214 Å². The monoisotopic (exact) mass is 1040 g/mol. The predicted octanol–water partition coefficient (Wildman–Crippen LogP) is 10.5. The summed E-state index contributed by atoms with van der Waals surface area (Å²) in [6.07, 6.45) is 37.7. The highest BCUT2D eigenvalue weighted by atomic mass is 16.7. The molecule has 2 aliphatic rings. The van der Waals surface area contributed by atoms with Gasteiger partial charge in [-0.1, -0.05) is 211 Å². The van der Waals surface area contributed by atoms with Gasteiger partial charge in [-0.15, -0.1) is 0 Å². The van der Waals surface area contributed by atoms with E-state index in [1.807, 2.05) is 0 Å². The van der Waals surface area contributed by atoms with Gasteiger partial charge in [0.2, 0.25) is 0 Å². The quantitative estimate of drug-likeness (QED) is 0.0172. The van der Waals surface area contributed by atoms with Crippen molar-refractivity contribution < 1.29 is 69.0 Å². The Balaban J connectivity index is 1.69. The van der Waals surface area contributed by atoms with Gasteiger partial charge in [0.1, 0.15) is 54.9 Å². The lowest BCUT2D eigenvalue weighted by Crippen LogP contribution is -2.61. The normalized spacial score (nSPS) is 25.2. The molecule has 2 fully saturated rings. The van der Waals surface area contributed by atoms with E-state index in [-0.39, 0.29) is 25.6 Å². The van der Waals surface area contributed by atoms with Crippen LogP contribution in [0.1, 0.15) is 232 Å². The number of aliphatic hydroxyl groups excluding tert-OH is 7. The Labute approximate surface area is 442 Å². The van der Waals surface area contributed by atoms with E-state index in [9.17, 15) is 40.5 Å². The summed E-state index contributed by atoms with van der Waals surface area (Å²) in [5, 5.41) is 72.3. The molecule has 11 unspecified atom stereocenters. The summed E-state index contributed by atoms with van der Waals surface area (Å²) in [6.45, 7) is 3.71. The van der Waals surface area contributed by atoms with Gasteiger partial charge in [0.15, 0.2) is 12.6 Å². The number of aliphatic hydroxyl groups is 7. The van der Waals surface area contributed by atoms with Crippen LogP contribution in [0.3, 0.4) is 0 Å². The predicted molar refractivity (Wildman–Crippen MR) is 289 cm³/mol. The second kappa shape index (κ2) is 46.3. The number of allylic oxidation sites excluding steroid dienone is 6. The minimum Gasteiger partial charge on any atom is -0.457 e. The van der Waals surface area contributed by atoms with Crippen molar-refractivity contribution in [1.29, 1.82) is 0 Å². The lowest BCUT2D eigenvalue weighted by molar-refractivity contribution is -0.332.